The number of hydrogen-bond acceptors (Lipinski definition) is 3. The number of piperidine rings is 1. The third kappa shape index (κ3) is 0.834. The molecular formula is C12H18N3O+. The highest BCUT2D eigenvalue weighted by molar-refractivity contribution is 5.40. The van der Waals surface area contributed by atoms with Gasteiger partial charge in [-0.2, -0.15) is 0 Å². The van der Waals surface area contributed by atoms with E-state index in [0.29, 0.717) is 5.54 Å². The maximum atomic E-state index is 5.52. The highest BCUT2D eigenvalue weighted by Gasteiger charge is 2.68. The Morgan fingerprint density at radius 3 is 2.94 bits per heavy atom. The van der Waals surface area contributed by atoms with Crippen molar-refractivity contribution < 1.29 is 4.52 Å². The standard InChI is InChI=1S/C12H18N3O/c1-5-14-16-11(1)15-7-2-10(3-8-15)12(15)4-6-13-9-12/h1,5,10,13H,2-4,6-9H2/q+1. The monoisotopic (exact) mass is 220 g/mol. The molecule has 0 amide bonds. The van der Waals surface area contributed by atoms with Crippen molar-refractivity contribution in [3.8, 4) is 0 Å². The van der Waals surface area contributed by atoms with Crippen LogP contribution in [-0.4, -0.2) is 36.9 Å². The van der Waals surface area contributed by atoms with Crippen LogP contribution in [0.2, 0.25) is 0 Å². The van der Waals surface area contributed by atoms with Crippen LogP contribution in [0, 0.1) is 5.92 Å². The molecule has 3 aliphatic rings. The van der Waals surface area contributed by atoms with Crippen LogP contribution in [0.1, 0.15) is 19.3 Å². The summed E-state index contributed by atoms with van der Waals surface area (Å²) >= 11 is 0. The van der Waals surface area contributed by atoms with Gasteiger partial charge in [0.05, 0.1) is 31.9 Å². The highest BCUT2D eigenvalue weighted by atomic mass is 16.5. The molecule has 16 heavy (non-hydrogen) atoms. The number of aromatic nitrogens is 1. The van der Waals surface area contributed by atoms with Gasteiger partial charge in [0.2, 0.25) is 0 Å². The van der Waals surface area contributed by atoms with E-state index < -0.39 is 0 Å². The second-order valence-corrected chi connectivity index (χ2v) is 5.57. The predicted molar refractivity (Wildman–Crippen MR) is 61.0 cm³/mol. The van der Waals surface area contributed by atoms with Crippen LogP contribution < -0.4 is 9.80 Å². The summed E-state index contributed by atoms with van der Waals surface area (Å²) < 4.78 is 6.59. The van der Waals surface area contributed by atoms with Crippen molar-refractivity contribution in [2.75, 3.05) is 26.2 Å². The van der Waals surface area contributed by atoms with E-state index >= 15 is 0 Å². The van der Waals surface area contributed by atoms with Crippen LogP contribution >= 0.6 is 0 Å². The molecule has 4 heterocycles. The molecule has 1 spiro atoms. The van der Waals surface area contributed by atoms with Gasteiger partial charge in [-0.15, -0.1) is 0 Å². The first-order valence-electron chi connectivity index (χ1n) is 6.37. The zero-order chi connectivity index (χ0) is 10.6. The minimum Gasteiger partial charge on any atom is -0.311 e. The molecule has 2 bridgehead atoms. The van der Waals surface area contributed by atoms with Crippen molar-refractivity contribution in [2.24, 2.45) is 5.92 Å². The largest absolute Gasteiger partial charge is 0.322 e. The molecule has 1 aromatic rings. The molecule has 0 aromatic carbocycles. The molecule has 86 valence electrons. The van der Waals surface area contributed by atoms with Gasteiger partial charge in [-0.3, -0.25) is 4.48 Å². The Morgan fingerprint density at radius 2 is 2.31 bits per heavy atom. The molecule has 4 nitrogen and oxygen atoms in total. The molecule has 4 rings (SSSR count). The average molecular weight is 220 g/mol. The number of rotatable bonds is 1. The van der Waals surface area contributed by atoms with E-state index in [0.717, 1.165) is 16.3 Å². The van der Waals surface area contributed by atoms with Gasteiger partial charge in [-0.05, 0) is 0 Å². The van der Waals surface area contributed by atoms with Crippen LogP contribution in [0.15, 0.2) is 16.8 Å². The van der Waals surface area contributed by atoms with Crippen LogP contribution in [-0.2, 0) is 0 Å². The van der Waals surface area contributed by atoms with Crippen molar-refractivity contribution in [3.63, 3.8) is 0 Å². The number of hydrogen-bond donors (Lipinski definition) is 1. The van der Waals surface area contributed by atoms with E-state index in [1.165, 1.54) is 45.4 Å². The quantitative estimate of drug-likeness (QED) is 0.721. The lowest BCUT2D eigenvalue weighted by Crippen LogP contribution is -2.61. The summed E-state index contributed by atoms with van der Waals surface area (Å²) in [6.45, 7) is 4.84. The van der Waals surface area contributed by atoms with Crippen molar-refractivity contribution >= 4 is 5.88 Å². The summed E-state index contributed by atoms with van der Waals surface area (Å²) in [6, 6.07) is 2.08. The summed E-state index contributed by atoms with van der Waals surface area (Å²) in [5, 5.41) is 7.49. The zero-order valence-electron chi connectivity index (χ0n) is 9.48. The van der Waals surface area contributed by atoms with Gasteiger partial charge in [0, 0.05) is 31.7 Å². The van der Waals surface area contributed by atoms with Gasteiger partial charge in [-0.25, -0.2) is 0 Å². The van der Waals surface area contributed by atoms with Crippen molar-refractivity contribution in [3.05, 3.63) is 12.3 Å². The van der Waals surface area contributed by atoms with Gasteiger partial charge in [-0.1, -0.05) is 5.16 Å². The van der Waals surface area contributed by atoms with E-state index in [9.17, 15) is 0 Å². The number of quaternary nitrogens is 1. The van der Waals surface area contributed by atoms with E-state index in [1.54, 1.807) is 6.20 Å². The predicted octanol–water partition coefficient (Wildman–Crippen LogP) is 1.14. The highest BCUT2D eigenvalue weighted by Crippen LogP contribution is 2.54. The first-order chi connectivity index (χ1) is 7.87. The maximum absolute atomic E-state index is 5.52. The Morgan fingerprint density at radius 1 is 1.44 bits per heavy atom. The fourth-order valence-corrected chi connectivity index (χ4v) is 4.62. The average Bonchev–Trinajstić information content (AvgIpc) is 3.09. The maximum Gasteiger partial charge on any atom is 0.322 e. The Hall–Kier alpha value is -0.870. The minimum atomic E-state index is 0.430. The smallest absolute Gasteiger partial charge is 0.311 e. The minimum absolute atomic E-state index is 0.430. The van der Waals surface area contributed by atoms with E-state index in [2.05, 4.69) is 16.5 Å². The molecule has 0 radical (unpaired) electrons. The molecule has 0 aliphatic carbocycles. The van der Waals surface area contributed by atoms with Crippen LogP contribution in [0.3, 0.4) is 0 Å². The van der Waals surface area contributed by atoms with Crippen LogP contribution in [0.4, 0.5) is 5.88 Å². The van der Waals surface area contributed by atoms with Crippen molar-refractivity contribution in [1.29, 1.82) is 0 Å². The Bertz CT molecular complexity index is 386. The normalized spacial score (nSPS) is 45.9. The number of nitrogens with zero attached hydrogens (tertiary/aromatic N) is 2. The Labute approximate surface area is 95.2 Å². The van der Waals surface area contributed by atoms with Gasteiger partial charge in [0.1, 0.15) is 5.54 Å². The van der Waals surface area contributed by atoms with Crippen LogP contribution in [0.25, 0.3) is 0 Å². The second-order valence-electron chi connectivity index (χ2n) is 5.57. The molecule has 3 aliphatic heterocycles. The van der Waals surface area contributed by atoms with Crippen LogP contribution in [0.5, 0.6) is 0 Å². The number of nitrogens with one attached hydrogen (secondary N) is 1. The molecule has 4 heteroatoms. The molecule has 3 saturated heterocycles. The summed E-state index contributed by atoms with van der Waals surface area (Å²) in [5.74, 6) is 2.00. The van der Waals surface area contributed by atoms with Gasteiger partial charge in [0.25, 0.3) is 0 Å². The van der Waals surface area contributed by atoms with Gasteiger partial charge >= 0.3 is 5.88 Å². The zero-order valence-corrected chi connectivity index (χ0v) is 9.48. The lowest BCUT2D eigenvalue weighted by Gasteiger charge is -2.40. The first-order valence-corrected chi connectivity index (χ1v) is 6.37. The summed E-state index contributed by atoms with van der Waals surface area (Å²) in [6.07, 6.45) is 5.83. The molecule has 3 fully saturated rings. The third-order valence-corrected chi connectivity index (χ3v) is 5.34. The lowest BCUT2D eigenvalue weighted by molar-refractivity contribution is 0.154. The Kier molecular flexibility index (Phi) is 1.65. The summed E-state index contributed by atoms with van der Waals surface area (Å²) in [7, 11) is 0. The first kappa shape index (κ1) is 9.19. The third-order valence-electron chi connectivity index (χ3n) is 5.34. The fraction of sp³-hybridized carbons (Fsp3) is 0.750. The molecule has 1 atom stereocenters. The molecule has 1 aromatic heterocycles. The second kappa shape index (κ2) is 2.87. The molecule has 0 saturated carbocycles. The van der Waals surface area contributed by atoms with E-state index in [-0.39, 0.29) is 0 Å². The lowest BCUT2D eigenvalue weighted by atomic mass is 9.85. The fourth-order valence-electron chi connectivity index (χ4n) is 4.62. The summed E-state index contributed by atoms with van der Waals surface area (Å²) in [5.41, 5.74) is 0.430. The Balaban J connectivity index is 1.87. The van der Waals surface area contributed by atoms with Crippen molar-refractivity contribution in [1.82, 2.24) is 15.0 Å². The topological polar surface area (TPSA) is 38.1 Å². The molecule has 1 unspecified atom stereocenters. The van der Waals surface area contributed by atoms with E-state index in [4.69, 9.17) is 4.52 Å². The molecule has 1 N–H and O–H groups in total. The van der Waals surface area contributed by atoms with Gasteiger partial charge in [0.15, 0.2) is 0 Å². The summed E-state index contributed by atoms with van der Waals surface area (Å²) in [4.78, 5) is 0. The molecular weight excluding hydrogens is 202 g/mol. The van der Waals surface area contributed by atoms with Crippen molar-refractivity contribution in [2.45, 2.75) is 24.8 Å². The van der Waals surface area contributed by atoms with E-state index in [1.807, 2.05) is 0 Å². The van der Waals surface area contributed by atoms with Gasteiger partial charge < -0.3 is 9.84 Å². The SMILES string of the molecule is c1cc([N+]23CCC(CC2)C32CCNC2)on1.